The van der Waals surface area contributed by atoms with Crippen LogP contribution in [0.4, 0.5) is 0 Å². The lowest BCUT2D eigenvalue weighted by Crippen LogP contribution is -2.11. The molecule has 1 aliphatic rings. The van der Waals surface area contributed by atoms with Gasteiger partial charge in [0.2, 0.25) is 0 Å². The molecule has 0 spiro atoms. The van der Waals surface area contributed by atoms with Gasteiger partial charge in [0, 0.05) is 10.0 Å². The first-order valence-corrected chi connectivity index (χ1v) is 5.47. The van der Waals surface area contributed by atoms with Gasteiger partial charge >= 0.3 is 0 Å². The lowest BCUT2D eigenvalue weighted by atomic mass is 10.1. The summed E-state index contributed by atoms with van der Waals surface area (Å²) in [5, 5.41) is 0. The fraction of sp³-hybridized carbons (Fsp3) is 0.364. The Morgan fingerprint density at radius 2 is 2.20 bits per heavy atom. The van der Waals surface area contributed by atoms with Crippen molar-refractivity contribution in [2.75, 3.05) is 7.11 Å². The summed E-state index contributed by atoms with van der Waals surface area (Å²) in [6.45, 7) is 0.513. The zero-order chi connectivity index (χ0) is 10.9. The second-order valence-electron chi connectivity index (χ2n) is 3.55. The summed E-state index contributed by atoms with van der Waals surface area (Å²) in [4.78, 5) is 10.4. The smallest absolute Gasteiger partial charge is 0.293 e. The Hall–Kier alpha value is -1.03. The summed E-state index contributed by atoms with van der Waals surface area (Å²) in [6, 6.07) is 5.67. The van der Waals surface area contributed by atoms with Crippen molar-refractivity contribution in [2.24, 2.45) is 0 Å². The molecule has 1 aromatic rings. The summed E-state index contributed by atoms with van der Waals surface area (Å²) in [6.07, 6.45) is 1.75. The van der Waals surface area contributed by atoms with E-state index in [9.17, 15) is 4.79 Å². The topological polar surface area (TPSA) is 35.5 Å². The molecule has 1 fully saturated rings. The van der Waals surface area contributed by atoms with Gasteiger partial charge in [-0.1, -0.05) is 15.9 Å². The van der Waals surface area contributed by atoms with E-state index in [1.165, 1.54) is 0 Å². The average molecular weight is 271 g/mol. The van der Waals surface area contributed by atoms with Crippen LogP contribution in [0.2, 0.25) is 0 Å². The molecular formula is C11H11BrO3. The highest BCUT2D eigenvalue weighted by molar-refractivity contribution is 9.10. The minimum absolute atomic E-state index is 0.422. The zero-order valence-electron chi connectivity index (χ0n) is 8.33. The Labute approximate surface area is 96.5 Å². The highest BCUT2D eigenvalue weighted by Crippen LogP contribution is 2.51. The summed E-state index contributed by atoms with van der Waals surface area (Å²) in [5.74, 6) is 0.772. The standard InChI is InChI=1S/C11H11BrO3/c1-14-8-2-3-10(12)9(6-8)11(4-5-11)15-7-13/h2-3,6-7H,4-5H2,1H3. The van der Waals surface area contributed by atoms with Gasteiger partial charge < -0.3 is 9.47 Å². The van der Waals surface area contributed by atoms with Crippen molar-refractivity contribution in [3.63, 3.8) is 0 Å². The fourth-order valence-corrected chi connectivity index (χ4v) is 2.24. The van der Waals surface area contributed by atoms with E-state index in [1.54, 1.807) is 7.11 Å². The number of halogens is 1. The van der Waals surface area contributed by atoms with Crippen molar-refractivity contribution in [3.05, 3.63) is 28.2 Å². The third-order valence-corrected chi connectivity index (χ3v) is 3.33. The van der Waals surface area contributed by atoms with Gasteiger partial charge in [0.1, 0.15) is 11.4 Å². The molecule has 0 saturated heterocycles. The lowest BCUT2D eigenvalue weighted by Gasteiger charge is -2.16. The van der Waals surface area contributed by atoms with Crippen LogP contribution in [0.5, 0.6) is 5.75 Å². The SMILES string of the molecule is COc1ccc(Br)c(C2(OC=O)CC2)c1. The Kier molecular flexibility index (Phi) is 2.69. The van der Waals surface area contributed by atoms with E-state index in [2.05, 4.69) is 15.9 Å². The van der Waals surface area contributed by atoms with Crippen LogP contribution in [0.15, 0.2) is 22.7 Å². The molecule has 0 bridgehead atoms. The molecule has 0 aromatic heterocycles. The van der Waals surface area contributed by atoms with Gasteiger partial charge in [-0.15, -0.1) is 0 Å². The summed E-state index contributed by atoms with van der Waals surface area (Å²) < 4.78 is 11.2. The predicted octanol–water partition coefficient (Wildman–Crippen LogP) is 2.62. The van der Waals surface area contributed by atoms with Crippen LogP contribution in [-0.2, 0) is 15.1 Å². The largest absolute Gasteiger partial charge is 0.497 e. The van der Waals surface area contributed by atoms with Crippen molar-refractivity contribution in [3.8, 4) is 5.75 Å². The van der Waals surface area contributed by atoms with Gasteiger partial charge in [0.15, 0.2) is 0 Å². The van der Waals surface area contributed by atoms with Crippen molar-refractivity contribution in [2.45, 2.75) is 18.4 Å². The van der Waals surface area contributed by atoms with Crippen LogP contribution >= 0.6 is 15.9 Å². The average Bonchev–Trinajstić information content (AvgIpc) is 3.00. The molecule has 0 amide bonds. The quantitative estimate of drug-likeness (QED) is 0.790. The number of ether oxygens (including phenoxy) is 2. The summed E-state index contributed by atoms with van der Waals surface area (Å²) in [7, 11) is 1.62. The number of rotatable bonds is 4. The molecular weight excluding hydrogens is 260 g/mol. The van der Waals surface area contributed by atoms with Gasteiger partial charge in [-0.25, -0.2) is 0 Å². The second-order valence-corrected chi connectivity index (χ2v) is 4.41. The van der Waals surface area contributed by atoms with E-state index in [0.29, 0.717) is 6.47 Å². The normalized spacial score (nSPS) is 16.9. The van der Waals surface area contributed by atoms with Crippen LogP contribution < -0.4 is 4.74 Å². The highest BCUT2D eigenvalue weighted by atomic mass is 79.9. The van der Waals surface area contributed by atoms with Crippen molar-refractivity contribution >= 4 is 22.4 Å². The van der Waals surface area contributed by atoms with Crippen LogP contribution in [0.3, 0.4) is 0 Å². The first kappa shape index (κ1) is 10.5. The maximum absolute atomic E-state index is 10.4. The van der Waals surface area contributed by atoms with E-state index < -0.39 is 5.60 Å². The number of carbonyl (C=O) groups excluding carboxylic acids is 1. The lowest BCUT2D eigenvalue weighted by molar-refractivity contribution is -0.136. The molecule has 80 valence electrons. The minimum atomic E-state index is -0.422. The van der Waals surface area contributed by atoms with Crippen molar-refractivity contribution < 1.29 is 14.3 Å². The number of hydrogen-bond donors (Lipinski definition) is 0. The molecule has 0 N–H and O–H groups in total. The molecule has 3 nitrogen and oxygen atoms in total. The maximum Gasteiger partial charge on any atom is 0.293 e. The van der Waals surface area contributed by atoms with Crippen LogP contribution in [0.25, 0.3) is 0 Å². The molecule has 2 rings (SSSR count). The summed E-state index contributed by atoms with van der Waals surface area (Å²) >= 11 is 3.45. The van der Waals surface area contributed by atoms with Crippen LogP contribution in [0.1, 0.15) is 18.4 Å². The third kappa shape index (κ3) is 1.86. The fourth-order valence-electron chi connectivity index (χ4n) is 1.64. The summed E-state index contributed by atoms with van der Waals surface area (Å²) in [5.41, 5.74) is 0.559. The van der Waals surface area contributed by atoms with E-state index >= 15 is 0 Å². The highest BCUT2D eigenvalue weighted by Gasteiger charge is 2.48. The maximum atomic E-state index is 10.4. The molecule has 15 heavy (non-hydrogen) atoms. The first-order chi connectivity index (χ1) is 7.22. The Morgan fingerprint density at radius 1 is 1.47 bits per heavy atom. The molecule has 0 radical (unpaired) electrons. The molecule has 4 heteroatoms. The Morgan fingerprint density at radius 3 is 2.73 bits per heavy atom. The van der Waals surface area contributed by atoms with Gasteiger partial charge in [-0.05, 0) is 31.0 Å². The third-order valence-electron chi connectivity index (χ3n) is 2.64. The van der Waals surface area contributed by atoms with Gasteiger partial charge in [0.05, 0.1) is 7.11 Å². The molecule has 0 atom stereocenters. The van der Waals surface area contributed by atoms with E-state index in [4.69, 9.17) is 9.47 Å². The zero-order valence-corrected chi connectivity index (χ0v) is 9.91. The molecule has 1 saturated carbocycles. The van der Waals surface area contributed by atoms with Crippen molar-refractivity contribution in [1.29, 1.82) is 0 Å². The number of benzene rings is 1. The second kappa shape index (κ2) is 3.85. The van der Waals surface area contributed by atoms with Crippen molar-refractivity contribution in [1.82, 2.24) is 0 Å². The number of hydrogen-bond acceptors (Lipinski definition) is 3. The van der Waals surface area contributed by atoms with E-state index in [0.717, 1.165) is 28.6 Å². The minimum Gasteiger partial charge on any atom is -0.497 e. The molecule has 0 aliphatic heterocycles. The number of methoxy groups -OCH3 is 1. The Bertz CT molecular complexity index is 385. The Balaban J connectivity index is 2.38. The van der Waals surface area contributed by atoms with Gasteiger partial charge in [-0.2, -0.15) is 0 Å². The van der Waals surface area contributed by atoms with Crippen LogP contribution in [0, 0.1) is 0 Å². The van der Waals surface area contributed by atoms with Gasteiger partial charge in [0.25, 0.3) is 6.47 Å². The molecule has 0 unspecified atom stereocenters. The molecule has 1 aromatic carbocycles. The van der Waals surface area contributed by atoms with Crippen LogP contribution in [-0.4, -0.2) is 13.6 Å². The molecule has 0 heterocycles. The van der Waals surface area contributed by atoms with Gasteiger partial charge in [-0.3, -0.25) is 4.79 Å². The predicted molar refractivity (Wildman–Crippen MR) is 58.8 cm³/mol. The van der Waals surface area contributed by atoms with E-state index in [1.807, 2.05) is 18.2 Å². The monoisotopic (exact) mass is 270 g/mol. The number of carbonyl (C=O) groups is 1. The van der Waals surface area contributed by atoms with E-state index in [-0.39, 0.29) is 0 Å². The molecule has 1 aliphatic carbocycles. The first-order valence-electron chi connectivity index (χ1n) is 4.67.